The van der Waals surface area contributed by atoms with Gasteiger partial charge in [-0.2, -0.15) is 0 Å². The number of carbonyl (C=O) groups excluding carboxylic acids is 2. The highest BCUT2D eigenvalue weighted by molar-refractivity contribution is 5.97. The lowest BCUT2D eigenvalue weighted by atomic mass is 10.1. The smallest absolute Gasteiger partial charge is 0.311 e. The van der Waals surface area contributed by atoms with Crippen LogP contribution in [-0.4, -0.2) is 58.9 Å². The molecule has 0 atom stereocenters. The van der Waals surface area contributed by atoms with Gasteiger partial charge in [-0.3, -0.25) is 14.4 Å². The molecule has 0 aliphatic carbocycles. The average molecular weight is 398 g/mol. The Balaban J connectivity index is 1.59. The van der Waals surface area contributed by atoms with Gasteiger partial charge in [0.2, 0.25) is 5.91 Å². The molecule has 3 rings (SSSR count). The number of rotatable bonds is 6. The van der Waals surface area contributed by atoms with E-state index in [0.29, 0.717) is 56.6 Å². The van der Waals surface area contributed by atoms with Crippen LogP contribution in [0.2, 0.25) is 0 Å². The second kappa shape index (κ2) is 9.41. The van der Waals surface area contributed by atoms with Crippen LogP contribution >= 0.6 is 0 Å². The van der Waals surface area contributed by atoms with Gasteiger partial charge in [0.1, 0.15) is 12.2 Å². The molecule has 1 saturated heterocycles. The highest BCUT2D eigenvalue weighted by Crippen LogP contribution is 2.21. The summed E-state index contributed by atoms with van der Waals surface area (Å²) in [5.41, 5.74) is 2.09. The van der Waals surface area contributed by atoms with Crippen molar-refractivity contribution in [2.24, 2.45) is 0 Å². The summed E-state index contributed by atoms with van der Waals surface area (Å²) in [4.78, 5) is 40.1. The maximum absolute atomic E-state index is 13.0. The Labute approximate surface area is 169 Å². The summed E-state index contributed by atoms with van der Waals surface area (Å²) >= 11 is 0. The number of hydrogen-bond acceptors (Lipinski definition) is 4. The summed E-state index contributed by atoms with van der Waals surface area (Å²) in [6.45, 7) is 3.78. The Bertz CT molecular complexity index is 875. The number of nitrogens with zero attached hydrogens (tertiary/aromatic N) is 2. The lowest BCUT2D eigenvalue weighted by Crippen LogP contribution is -2.37. The minimum absolute atomic E-state index is 0.0919. The molecule has 1 aliphatic rings. The zero-order valence-corrected chi connectivity index (χ0v) is 16.6. The molecule has 0 spiro atoms. The summed E-state index contributed by atoms with van der Waals surface area (Å²) in [6.07, 6.45) is 2.93. The van der Waals surface area contributed by atoms with Gasteiger partial charge in [0, 0.05) is 38.2 Å². The number of hydrogen-bond donors (Lipinski definition) is 1. The fourth-order valence-corrected chi connectivity index (χ4v) is 3.63. The van der Waals surface area contributed by atoms with Gasteiger partial charge in [-0.15, -0.1) is 0 Å². The monoisotopic (exact) mass is 398 g/mol. The molecule has 7 nitrogen and oxygen atoms in total. The standard InChI is InChI=1S/C22H26N2O5/c1-16-15-29-18(14-20(26)27)21(16)22(28)24-11-5-10-23(12-13-24)19(25)9-8-17-6-3-2-4-7-17/h2-4,6-7,15H,5,8-14H2,1H3,(H,26,27). The van der Waals surface area contributed by atoms with Gasteiger partial charge in [-0.05, 0) is 25.3 Å². The van der Waals surface area contributed by atoms with Crippen molar-refractivity contribution in [2.75, 3.05) is 26.2 Å². The van der Waals surface area contributed by atoms with Crippen molar-refractivity contribution in [1.82, 2.24) is 9.80 Å². The molecule has 1 fully saturated rings. The maximum Gasteiger partial charge on any atom is 0.311 e. The van der Waals surface area contributed by atoms with E-state index < -0.39 is 5.97 Å². The lowest BCUT2D eigenvalue weighted by molar-refractivity contribution is -0.136. The SMILES string of the molecule is Cc1coc(CC(=O)O)c1C(=O)N1CCCN(C(=O)CCc2ccccc2)CC1. The summed E-state index contributed by atoms with van der Waals surface area (Å²) in [5.74, 6) is -1.00. The van der Waals surface area contributed by atoms with Gasteiger partial charge in [0.05, 0.1) is 11.8 Å². The summed E-state index contributed by atoms with van der Waals surface area (Å²) in [5, 5.41) is 9.04. The number of carbonyl (C=O) groups is 3. The molecule has 1 aromatic carbocycles. The van der Waals surface area contributed by atoms with Gasteiger partial charge in [0.15, 0.2) is 0 Å². The fraction of sp³-hybridized carbons (Fsp3) is 0.409. The van der Waals surface area contributed by atoms with Crippen molar-refractivity contribution < 1.29 is 23.9 Å². The number of aliphatic carboxylic acids is 1. The second-order valence-corrected chi connectivity index (χ2v) is 7.30. The average Bonchev–Trinajstić information content (AvgIpc) is 2.91. The zero-order valence-electron chi connectivity index (χ0n) is 16.6. The highest BCUT2D eigenvalue weighted by atomic mass is 16.4. The van der Waals surface area contributed by atoms with E-state index in [2.05, 4.69) is 0 Å². The molecular formula is C22H26N2O5. The van der Waals surface area contributed by atoms with Crippen molar-refractivity contribution in [3.8, 4) is 0 Å². The van der Waals surface area contributed by atoms with E-state index >= 15 is 0 Å². The third-order valence-electron chi connectivity index (χ3n) is 5.18. The number of carboxylic acids is 1. The molecular weight excluding hydrogens is 372 g/mol. The van der Waals surface area contributed by atoms with Crippen molar-refractivity contribution in [2.45, 2.75) is 32.6 Å². The third-order valence-corrected chi connectivity index (χ3v) is 5.18. The van der Waals surface area contributed by atoms with Crippen molar-refractivity contribution in [3.05, 3.63) is 59.0 Å². The third kappa shape index (κ3) is 5.25. The van der Waals surface area contributed by atoms with E-state index in [4.69, 9.17) is 9.52 Å². The van der Waals surface area contributed by atoms with Crippen molar-refractivity contribution in [1.29, 1.82) is 0 Å². The van der Waals surface area contributed by atoms with Gasteiger partial charge < -0.3 is 19.3 Å². The molecule has 1 aromatic heterocycles. The minimum atomic E-state index is -1.04. The summed E-state index contributed by atoms with van der Waals surface area (Å²) in [7, 11) is 0. The Morgan fingerprint density at radius 3 is 2.45 bits per heavy atom. The molecule has 7 heteroatoms. The quantitative estimate of drug-likeness (QED) is 0.807. The summed E-state index contributed by atoms with van der Waals surface area (Å²) < 4.78 is 5.29. The number of carboxylic acid groups (broad SMARTS) is 1. The first-order valence-corrected chi connectivity index (χ1v) is 9.85. The van der Waals surface area contributed by atoms with E-state index in [1.165, 1.54) is 6.26 Å². The Hall–Kier alpha value is -3.09. The van der Waals surface area contributed by atoms with Crippen LogP contribution in [0.4, 0.5) is 0 Å². The van der Waals surface area contributed by atoms with E-state index in [1.807, 2.05) is 35.2 Å². The molecule has 2 amide bonds. The Morgan fingerprint density at radius 2 is 1.72 bits per heavy atom. The van der Waals surface area contributed by atoms with Crippen LogP contribution in [0.3, 0.4) is 0 Å². The fourth-order valence-electron chi connectivity index (χ4n) is 3.63. The van der Waals surface area contributed by atoms with Crippen LogP contribution in [-0.2, 0) is 22.4 Å². The predicted octanol–water partition coefficient (Wildman–Crippen LogP) is 2.52. The minimum Gasteiger partial charge on any atom is -0.481 e. The first-order valence-electron chi connectivity index (χ1n) is 9.85. The van der Waals surface area contributed by atoms with Gasteiger partial charge >= 0.3 is 5.97 Å². The molecule has 2 aromatic rings. The largest absolute Gasteiger partial charge is 0.481 e. The molecule has 0 unspecified atom stereocenters. The molecule has 0 bridgehead atoms. The van der Waals surface area contributed by atoms with Crippen LogP contribution in [0.15, 0.2) is 41.0 Å². The lowest BCUT2D eigenvalue weighted by Gasteiger charge is -2.22. The van der Waals surface area contributed by atoms with Crippen LogP contribution in [0.5, 0.6) is 0 Å². The number of aryl methyl sites for hydroxylation is 2. The van der Waals surface area contributed by atoms with E-state index in [0.717, 1.165) is 5.56 Å². The highest BCUT2D eigenvalue weighted by Gasteiger charge is 2.27. The van der Waals surface area contributed by atoms with E-state index in [-0.39, 0.29) is 24.0 Å². The van der Waals surface area contributed by atoms with Crippen molar-refractivity contribution in [3.63, 3.8) is 0 Å². The Kier molecular flexibility index (Phi) is 6.69. The van der Waals surface area contributed by atoms with Crippen LogP contribution in [0.25, 0.3) is 0 Å². The molecule has 154 valence electrons. The normalized spacial score (nSPS) is 14.5. The molecule has 0 saturated carbocycles. The van der Waals surface area contributed by atoms with E-state index in [9.17, 15) is 14.4 Å². The second-order valence-electron chi connectivity index (χ2n) is 7.30. The molecule has 2 heterocycles. The first-order chi connectivity index (χ1) is 14.0. The number of benzene rings is 1. The Morgan fingerprint density at radius 1 is 1.03 bits per heavy atom. The first kappa shape index (κ1) is 20.6. The van der Waals surface area contributed by atoms with Crippen molar-refractivity contribution >= 4 is 17.8 Å². The van der Waals surface area contributed by atoms with Gasteiger partial charge in [-0.25, -0.2) is 0 Å². The van der Waals surface area contributed by atoms with Crippen LogP contribution in [0, 0.1) is 6.92 Å². The molecule has 0 radical (unpaired) electrons. The summed E-state index contributed by atoms with van der Waals surface area (Å²) in [6, 6.07) is 9.91. The van der Waals surface area contributed by atoms with Gasteiger partial charge in [0.25, 0.3) is 5.91 Å². The molecule has 1 N–H and O–H groups in total. The zero-order chi connectivity index (χ0) is 20.8. The van der Waals surface area contributed by atoms with Gasteiger partial charge in [-0.1, -0.05) is 30.3 Å². The van der Waals surface area contributed by atoms with Crippen LogP contribution in [0.1, 0.15) is 40.1 Å². The number of amides is 2. The maximum atomic E-state index is 13.0. The topological polar surface area (TPSA) is 91.1 Å². The molecule has 1 aliphatic heterocycles. The molecule has 29 heavy (non-hydrogen) atoms. The van der Waals surface area contributed by atoms with E-state index in [1.54, 1.807) is 11.8 Å². The number of furan rings is 1. The van der Waals surface area contributed by atoms with Crippen LogP contribution < -0.4 is 0 Å². The predicted molar refractivity (Wildman–Crippen MR) is 107 cm³/mol.